The third kappa shape index (κ3) is 7.70. The molecule has 1 saturated carbocycles. The van der Waals surface area contributed by atoms with Crippen LogP contribution in [0.3, 0.4) is 0 Å². The lowest BCUT2D eigenvalue weighted by molar-refractivity contribution is -0.141. The van der Waals surface area contributed by atoms with Crippen LogP contribution in [0.1, 0.15) is 81.9 Å². The van der Waals surface area contributed by atoms with E-state index in [-0.39, 0.29) is 17.9 Å². The molecule has 2 aromatic carbocycles. The van der Waals surface area contributed by atoms with Crippen molar-refractivity contribution in [3.63, 3.8) is 0 Å². The van der Waals surface area contributed by atoms with Crippen molar-refractivity contribution in [3.8, 4) is 0 Å². The van der Waals surface area contributed by atoms with E-state index in [1.165, 1.54) is 12.0 Å². The number of nitrogens with zero attached hydrogens (tertiary/aromatic N) is 1. The highest BCUT2D eigenvalue weighted by Gasteiger charge is 2.28. The van der Waals surface area contributed by atoms with Crippen molar-refractivity contribution in [3.05, 3.63) is 69.7 Å². The summed E-state index contributed by atoms with van der Waals surface area (Å²) in [7, 11) is 0. The molecule has 0 saturated heterocycles. The Bertz CT molecular complexity index is 920. The van der Waals surface area contributed by atoms with E-state index in [1.807, 2.05) is 31.2 Å². The van der Waals surface area contributed by atoms with Gasteiger partial charge in [-0.05, 0) is 60.9 Å². The van der Waals surface area contributed by atoms with Crippen LogP contribution in [-0.4, -0.2) is 28.8 Å². The van der Waals surface area contributed by atoms with E-state index in [1.54, 1.807) is 4.90 Å². The quantitative estimate of drug-likeness (QED) is 0.424. The zero-order valence-electron chi connectivity index (χ0n) is 20.1. The van der Waals surface area contributed by atoms with Crippen molar-refractivity contribution in [1.29, 1.82) is 0 Å². The molecule has 1 aliphatic rings. The smallest absolute Gasteiger partial charge is 0.242 e. The van der Waals surface area contributed by atoms with Gasteiger partial charge in [0.1, 0.15) is 6.04 Å². The topological polar surface area (TPSA) is 49.4 Å². The average Bonchev–Trinajstić information content (AvgIpc) is 2.81. The number of carbonyl (C=O) groups is 2. The standard InChI is InChI=1S/C28H37BrN2O2/c1-20(2)24-15-12-22(13-16-24)14-17-27(32)31(19-23-8-7-9-25(29)18-23)21(3)28(33)30-26-10-5-4-6-11-26/h7-9,12-13,15-16,18,20-21,26H,4-6,10-11,14,17,19H2,1-3H3,(H,30,33)/t21-/m0/s1. The van der Waals surface area contributed by atoms with Gasteiger partial charge in [0.2, 0.25) is 11.8 Å². The Morgan fingerprint density at radius 3 is 2.33 bits per heavy atom. The third-order valence-electron chi connectivity index (χ3n) is 6.63. The zero-order chi connectivity index (χ0) is 23.8. The molecule has 33 heavy (non-hydrogen) atoms. The van der Waals surface area contributed by atoms with E-state index >= 15 is 0 Å². The van der Waals surface area contributed by atoms with Gasteiger partial charge in [-0.3, -0.25) is 9.59 Å². The van der Waals surface area contributed by atoms with Crippen molar-refractivity contribution in [2.24, 2.45) is 0 Å². The molecule has 1 aliphatic carbocycles. The molecule has 0 spiro atoms. The fraction of sp³-hybridized carbons (Fsp3) is 0.500. The summed E-state index contributed by atoms with van der Waals surface area (Å²) in [6.07, 6.45) is 6.69. The van der Waals surface area contributed by atoms with Gasteiger partial charge in [-0.1, -0.05) is 85.4 Å². The van der Waals surface area contributed by atoms with Crippen LogP contribution >= 0.6 is 15.9 Å². The van der Waals surface area contributed by atoms with E-state index in [0.29, 0.717) is 25.3 Å². The van der Waals surface area contributed by atoms with Gasteiger partial charge in [0.05, 0.1) is 0 Å². The van der Waals surface area contributed by atoms with Crippen LogP contribution in [0.15, 0.2) is 53.0 Å². The van der Waals surface area contributed by atoms with Crippen molar-refractivity contribution in [1.82, 2.24) is 10.2 Å². The monoisotopic (exact) mass is 512 g/mol. The first-order valence-corrected chi connectivity index (χ1v) is 13.1. The summed E-state index contributed by atoms with van der Waals surface area (Å²) in [4.78, 5) is 28.2. The van der Waals surface area contributed by atoms with Gasteiger partial charge >= 0.3 is 0 Å². The average molecular weight is 514 g/mol. The van der Waals surface area contributed by atoms with Gasteiger partial charge in [-0.2, -0.15) is 0 Å². The summed E-state index contributed by atoms with van der Waals surface area (Å²) < 4.78 is 0.969. The van der Waals surface area contributed by atoms with Crippen LogP contribution < -0.4 is 5.32 Å². The van der Waals surface area contributed by atoms with Crippen molar-refractivity contribution < 1.29 is 9.59 Å². The van der Waals surface area contributed by atoms with E-state index < -0.39 is 6.04 Å². The lowest BCUT2D eigenvalue weighted by Crippen LogP contribution is -2.50. The minimum absolute atomic E-state index is 0.00852. The van der Waals surface area contributed by atoms with E-state index in [0.717, 1.165) is 41.3 Å². The van der Waals surface area contributed by atoms with E-state index in [4.69, 9.17) is 0 Å². The summed E-state index contributed by atoms with van der Waals surface area (Å²) in [5.74, 6) is 0.450. The summed E-state index contributed by atoms with van der Waals surface area (Å²) in [6.45, 7) is 6.63. The van der Waals surface area contributed by atoms with Gasteiger partial charge in [0.15, 0.2) is 0 Å². The lowest BCUT2D eigenvalue weighted by atomic mass is 9.95. The van der Waals surface area contributed by atoms with Gasteiger partial charge in [0, 0.05) is 23.5 Å². The molecule has 0 radical (unpaired) electrons. The Labute approximate surface area is 207 Å². The Kier molecular flexibility index (Phi) is 9.54. The maximum atomic E-state index is 13.4. The molecule has 1 fully saturated rings. The fourth-order valence-corrected chi connectivity index (χ4v) is 4.89. The normalized spacial score (nSPS) is 15.3. The minimum atomic E-state index is -0.512. The molecule has 0 bridgehead atoms. The number of halogens is 1. The Morgan fingerprint density at radius 1 is 1.00 bits per heavy atom. The molecular weight excluding hydrogens is 476 g/mol. The zero-order valence-corrected chi connectivity index (χ0v) is 21.7. The molecule has 2 aromatic rings. The Hall–Kier alpha value is -2.14. The molecule has 0 aromatic heterocycles. The predicted molar refractivity (Wildman–Crippen MR) is 138 cm³/mol. The number of hydrogen-bond acceptors (Lipinski definition) is 2. The maximum Gasteiger partial charge on any atom is 0.242 e. The van der Waals surface area contributed by atoms with E-state index in [9.17, 15) is 9.59 Å². The minimum Gasteiger partial charge on any atom is -0.352 e. The highest BCUT2D eigenvalue weighted by atomic mass is 79.9. The van der Waals surface area contributed by atoms with Gasteiger partial charge in [-0.25, -0.2) is 0 Å². The second-order valence-corrected chi connectivity index (χ2v) is 10.5. The van der Waals surface area contributed by atoms with Crippen molar-refractivity contribution >= 4 is 27.7 Å². The number of rotatable bonds is 9. The number of nitrogens with one attached hydrogen (secondary N) is 1. The third-order valence-corrected chi connectivity index (χ3v) is 7.13. The number of amides is 2. The molecule has 0 aliphatic heterocycles. The molecule has 1 N–H and O–H groups in total. The molecule has 178 valence electrons. The molecular formula is C28H37BrN2O2. The first-order chi connectivity index (χ1) is 15.8. The first kappa shape index (κ1) is 25.5. The fourth-order valence-electron chi connectivity index (χ4n) is 4.45. The predicted octanol–water partition coefficient (Wildman–Crippen LogP) is 6.37. The summed E-state index contributed by atoms with van der Waals surface area (Å²) in [5, 5.41) is 3.20. The van der Waals surface area contributed by atoms with Gasteiger partial charge < -0.3 is 10.2 Å². The molecule has 0 unspecified atom stereocenters. The summed E-state index contributed by atoms with van der Waals surface area (Å²) >= 11 is 3.52. The van der Waals surface area contributed by atoms with Crippen LogP contribution in [0.2, 0.25) is 0 Å². The molecule has 4 nitrogen and oxygen atoms in total. The largest absolute Gasteiger partial charge is 0.352 e. The van der Waals surface area contributed by atoms with Crippen molar-refractivity contribution in [2.45, 2.75) is 90.3 Å². The molecule has 3 rings (SSSR count). The summed E-state index contributed by atoms with van der Waals surface area (Å²) in [6, 6.07) is 16.2. The Morgan fingerprint density at radius 2 is 1.70 bits per heavy atom. The highest BCUT2D eigenvalue weighted by molar-refractivity contribution is 9.10. The highest BCUT2D eigenvalue weighted by Crippen LogP contribution is 2.20. The SMILES string of the molecule is CC(C)c1ccc(CCC(=O)N(Cc2cccc(Br)c2)[C@@H](C)C(=O)NC2CCCCC2)cc1. The molecule has 2 amide bonds. The molecule has 5 heteroatoms. The van der Waals surface area contributed by atoms with Crippen LogP contribution in [-0.2, 0) is 22.6 Å². The van der Waals surface area contributed by atoms with Crippen LogP contribution in [0.4, 0.5) is 0 Å². The molecule has 1 atom stereocenters. The van der Waals surface area contributed by atoms with Gasteiger partial charge in [0.25, 0.3) is 0 Å². The Balaban J connectivity index is 1.69. The number of benzene rings is 2. The molecule has 0 heterocycles. The second kappa shape index (κ2) is 12.4. The van der Waals surface area contributed by atoms with Crippen LogP contribution in [0.25, 0.3) is 0 Å². The van der Waals surface area contributed by atoms with Crippen molar-refractivity contribution in [2.75, 3.05) is 0 Å². The van der Waals surface area contributed by atoms with E-state index in [2.05, 4.69) is 59.4 Å². The van der Waals surface area contributed by atoms with Gasteiger partial charge in [-0.15, -0.1) is 0 Å². The lowest BCUT2D eigenvalue weighted by Gasteiger charge is -2.31. The maximum absolute atomic E-state index is 13.4. The first-order valence-electron chi connectivity index (χ1n) is 12.3. The number of carbonyl (C=O) groups excluding carboxylic acids is 2. The number of hydrogen-bond donors (Lipinski definition) is 1. The summed E-state index contributed by atoms with van der Waals surface area (Å²) in [5.41, 5.74) is 3.46. The van der Waals surface area contributed by atoms with Crippen LogP contribution in [0.5, 0.6) is 0 Å². The number of aryl methyl sites for hydroxylation is 1. The second-order valence-electron chi connectivity index (χ2n) is 9.57. The van der Waals surface area contributed by atoms with Crippen LogP contribution in [0, 0.1) is 0 Å².